The molecule has 0 saturated heterocycles. The third kappa shape index (κ3) is 5.10. The van der Waals surface area contributed by atoms with Crippen LogP contribution in [0, 0.1) is 23.5 Å². The topological polar surface area (TPSA) is 0 Å². The number of hydrogen-bond donors (Lipinski definition) is 0. The Morgan fingerprint density at radius 2 is 1.50 bits per heavy atom. The SMILES string of the molecule is C=CC(C)CCC(C)C(C)c1ccc(-c2ccc(C(C)(C)C)c(F)c2F)cc1. The summed E-state index contributed by atoms with van der Waals surface area (Å²) in [5, 5.41) is 0. The first-order valence-corrected chi connectivity index (χ1v) is 10.3. The highest BCUT2D eigenvalue weighted by Crippen LogP contribution is 2.34. The Morgan fingerprint density at radius 1 is 0.893 bits per heavy atom. The Balaban J connectivity index is 2.21. The molecule has 0 fully saturated rings. The number of hydrogen-bond acceptors (Lipinski definition) is 0. The molecular formula is C26H34F2. The van der Waals surface area contributed by atoms with Gasteiger partial charge in [-0.2, -0.15) is 0 Å². The molecule has 0 aliphatic carbocycles. The van der Waals surface area contributed by atoms with Crippen LogP contribution in [-0.2, 0) is 5.41 Å². The van der Waals surface area contributed by atoms with Crippen LogP contribution in [0.2, 0.25) is 0 Å². The van der Waals surface area contributed by atoms with Gasteiger partial charge in [-0.25, -0.2) is 8.78 Å². The predicted octanol–water partition coefficient (Wildman–Crippen LogP) is 8.27. The van der Waals surface area contributed by atoms with Crippen molar-refractivity contribution in [1.29, 1.82) is 0 Å². The minimum absolute atomic E-state index is 0.317. The summed E-state index contributed by atoms with van der Waals surface area (Å²) in [6, 6.07) is 11.3. The number of benzene rings is 2. The second-order valence-electron chi connectivity index (χ2n) is 9.22. The second-order valence-corrected chi connectivity index (χ2v) is 9.22. The van der Waals surface area contributed by atoms with E-state index in [9.17, 15) is 8.78 Å². The van der Waals surface area contributed by atoms with Crippen LogP contribution in [0.5, 0.6) is 0 Å². The summed E-state index contributed by atoms with van der Waals surface area (Å²) in [5.41, 5.74) is 2.23. The van der Waals surface area contributed by atoms with Gasteiger partial charge in [-0.3, -0.25) is 0 Å². The lowest BCUT2D eigenvalue weighted by atomic mass is 9.83. The summed E-state index contributed by atoms with van der Waals surface area (Å²) in [7, 11) is 0. The first-order valence-electron chi connectivity index (χ1n) is 10.3. The van der Waals surface area contributed by atoms with Crippen LogP contribution < -0.4 is 0 Å². The highest BCUT2D eigenvalue weighted by atomic mass is 19.2. The maximum Gasteiger partial charge on any atom is 0.166 e. The molecule has 3 atom stereocenters. The van der Waals surface area contributed by atoms with Crippen molar-refractivity contribution >= 4 is 0 Å². The van der Waals surface area contributed by atoms with Gasteiger partial charge < -0.3 is 0 Å². The molecule has 2 heteroatoms. The van der Waals surface area contributed by atoms with Crippen molar-refractivity contribution in [3.63, 3.8) is 0 Å². The Labute approximate surface area is 169 Å². The van der Waals surface area contributed by atoms with Crippen molar-refractivity contribution < 1.29 is 8.78 Å². The van der Waals surface area contributed by atoms with E-state index >= 15 is 0 Å². The van der Waals surface area contributed by atoms with E-state index in [-0.39, 0.29) is 0 Å². The average molecular weight is 385 g/mol. The fraction of sp³-hybridized carbons (Fsp3) is 0.462. The molecule has 0 radical (unpaired) electrons. The molecule has 0 nitrogen and oxygen atoms in total. The molecule has 152 valence electrons. The lowest BCUT2D eigenvalue weighted by molar-refractivity contribution is 0.415. The maximum atomic E-state index is 14.7. The molecule has 0 saturated carbocycles. The molecule has 2 aromatic carbocycles. The monoisotopic (exact) mass is 384 g/mol. The van der Waals surface area contributed by atoms with E-state index in [1.54, 1.807) is 12.1 Å². The van der Waals surface area contributed by atoms with E-state index in [0.717, 1.165) is 12.8 Å². The highest BCUT2D eigenvalue weighted by molar-refractivity contribution is 5.65. The Morgan fingerprint density at radius 3 is 2.04 bits per heavy atom. The summed E-state index contributed by atoms with van der Waals surface area (Å²) in [6.45, 7) is 16.2. The van der Waals surface area contributed by atoms with Gasteiger partial charge in [0, 0.05) is 5.56 Å². The van der Waals surface area contributed by atoms with Crippen LogP contribution in [-0.4, -0.2) is 0 Å². The maximum absolute atomic E-state index is 14.7. The van der Waals surface area contributed by atoms with E-state index < -0.39 is 17.0 Å². The van der Waals surface area contributed by atoms with Gasteiger partial charge in [-0.05, 0) is 52.7 Å². The Kier molecular flexibility index (Phi) is 7.20. The summed E-state index contributed by atoms with van der Waals surface area (Å²) >= 11 is 0. The van der Waals surface area contributed by atoms with E-state index in [1.165, 1.54) is 5.56 Å². The normalized spacial score (nSPS) is 15.1. The van der Waals surface area contributed by atoms with Crippen LogP contribution in [0.4, 0.5) is 8.78 Å². The fourth-order valence-electron chi connectivity index (χ4n) is 3.54. The van der Waals surface area contributed by atoms with Crippen LogP contribution >= 0.6 is 0 Å². The smallest absolute Gasteiger partial charge is 0.166 e. The summed E-state index contributed by atoms with van der Waals surface area (Å²) in [5.74, 6) is -0.0113. The molecule has 2 rings (SSSR count). The van der Waals surface area contributed by atoms with Gasteiger partial charge in [0.1, 0.15) is 0 Å². The van der Waals surface area contributed by atoms with Gasteiger partial charge in [-0.1, -0.05) is 84.0 Å². The molecule has 0 aliphatic rings. The van der Waals surface area contributed by atoms with Gasteiger partial charge in [-0.15, -0.1) is 6.58 Å². The van der Waals surface area contributed by atoms with Crippen molar-refractivity contribution in [2.45, 2.75) is 65.7 Å². The van der Waals surface area contributed by atoms with Gasteiger partial charge in [0.2, 0.25) is 0 Å². The second kappa shape index (κ2) is 9.03. The number of allylic oxidation sites excluding steroid dienone is 1. The van der Waals surface area contributed by atoms with Crippen molar-refractivity contribution in [1.82, 2.24) is 0 Å². The molecule has 0 spiro atoms. The van der Waals surface area contributed by atoms with E-state index in [2.05, 4.69) is 27.4 Å². The van der Waals surface area contributed by atoms with Crippen LogP contribution in [0.25, 0.3) is 11.1 Å². The average Bonchev–Trinajstić information content (AvgIpc) is 2.66. The molecule has 0 aromatic heterocycles. The van der Waals surface area contributed by atoms with Crippen molar-refractivity contribution in [2.75, 3.05) is 0 Å². The van der Waals surface area contributed by atoms with E-state index in [1.807, 2.05) is 51.1 Å². The van der Waals surface area contributed by atoms with Gasteiger partial charge in [0.25, 0.3) is 0 Å². The first-order chi connectivity index (χ1) is 13.1. The van der Waals surface area contributed by atoms with E-state index in [0.29, 0.717) is 34.4 Å². The van der Waals surface area contributed by atoms with Crippen molar-refractivity contribution in [2.24, 2.45) is 11.8 Å². The minimum atomic E-state index is -0.764. The third-order valence-electron chi connectivity index (χ3n) is 5.97. The first kappa shape index (κ1) is 22.3. The van der Waals surface area contributed by atoms with Crippen LogP contribution in [0.3, 0.4) is 0 Å². The standard InChI is InChI=1S/C26H34F2/c1-8-17(2)9-10-18(3)19(4)20-11-13-21(14-12-20)22-15-16-23(26(5,6)7)25(28)24(22)27/h8,11-19H,1,9-10H2,2-7H3. The lowest BCUT2D eigenvalue weighted by Crippen LogP contribution is -2.15. The zero-order valence-electron chi connectivity index (χ0n) is 18.2. The van der Waals surface area contributed by atoms with Crippen LogP contribution in [0.1, 0.15) is 71.4 Å². The largest absolute Gasteiger partial charge is 0.203 e. The third-order valence-corrected chi connectivity index (χ3v) is 5.97. The van der Waals surface area contributed by atoms with Gasteiger partial charge in [0.15, 0.2) is 11.6 Å². The van der Waals surface area contributed by atoms with Crippen molar-refractivity contribution in [3.8, 4) is 11.1 Å². The number of rotatable bonds is 7. The van der Waals surface area contributed by atoms with E-state index in [4.69, 9.17) is 0 Å². The minimum Gasteiger partial charge on any atom is -0.203 e. The van der Waals surface area contributed by atoms with Crippen LogP contribution in [0.15, 0.2) is 49.1 Å². The molecule has 0 N–H and O–H groups in total. The lowest BCUT2D eigenvalue weighted by Gasteiger charge is -2.22. The molecule has 0 bridgehead atoms. The number of halogens is 2. The van der Waals surface area contributed by atoms with Gasteiger partial charge >= 0.3 is 0 Å². The van der Waals surface area contributed by atoms with Gasteiger partial charge in [0.05, 0.1) is 0 Å². The Bertz CT molecular complexity index is 796. The highest BCUT2D eigenvalue weighted by Gasteiger charge is 2.23. The molecule has 28 heavy (non-hydrogen) atoms. The fourth-order valence-corrected chi connectivity index (χ4v) is 3.54. The zero-order chi connectivity index (χ0) is 21.1. The molecule has 2 aromatic rings. The molecule has 3 unspecified atom stereocenters. The van der Waals surface area contributed by atoms with Crippen molar-refractivity contribution in [3.05, 3.63) is 71.8 Å². The summed E-state index contributed by atoms with van der Waals surface area (Å²) in [4.78, 5) is 0. The Hall–Kier alpha value is -1.96. The predicted molar refractivity (Wildman–Crippen MR) is 117 cm³/mol. The summed E-state index contributed by atoms with van der Waals surface area (Å²) < 4.78 is 29.2. The summed E-state index contributed by atoms with van der Waals surface area (Å²) in [6.07, 6.45) is 4.28. The molecule has 0 aliphatic heterocycles. The quantitative estimate of drug-likeness (QED) is 0.421. The zero-order valence-corrected chi connectivity index (χ0v) is 18.2. The molecular weight excluding hydrogens is 350 g/mol. The molecule has 0 amide bonds. The molecule has 0 heterocycles.